The molecule has 0 atom stereocenters. The van der Waals surface area contributed by atoms with Crippen molar-refractivity contribution >= 4 is 17.0 Å². The average molecular weight is 424 g/mol. The van der Waals surface area contributed by atoms with E-state index in [4.69, 9.17) is 0 Å². The molecule has 0 radical (unpaired) electrons. The Bertz CT molecular complexity index is 997. The van der Waals surface area contributed by atoms with Crippen LogP contribution in [0.15, 0.2) is 30.5 Å². The fourth-order valence-corrected chi connectivity index (χ4v) is 4.69. The van der Waals surface area contributed by atoms with Gasteiger partial charge in [0.1, 0.15) is 10.6 Å². The molecular weight excluding hydrogens is 401 g/mol. The highest BCUT2D eigenvalue weighted by atomic mass is 32.1. The van der Waals surface area contributed by atoms with Gasteiger partial charge in [-0.1, -0.05) is 0 Å². The van der Waals surface area contributed by atoms with Crippen LogP contribution in [0.2, 0.25) is 0 Å². The maximum atomic E-state index is 12.9. The second kappa shape index (κ2) is 7.37. The first-order chi connectivity index (χ1) is 13.6. The number of halogens is 3. The van der Waals surface area contributed by atoms with Gasteiger partial charge in [-0.05, 0) is 70.0 Å². The summed E-state index contributed by atoms with van der Waals surface area (Å²) in [7, 11) is 0. The fourth-order valence-electron chi connectivity index (χ4n) is 3.82. The van der Waals surface area contributed by atoms with E-state index >= 15 is 0 Å². The number of aromatic nitrogens is 3. The summed E-state index contributed by atoms with van der Waals surface area (Å²) in [6, 6.07) is 6.31. The van der Waals surface area contributed by atoms with E-state index in [1.54, 1.807) is 10.7 Å². The van der Waals surface area contributed by atoms with Crippen LogP contribution in [-0.4, -0.2) is 43.3 Å². The molecule has 1 saturated heterocycles. The quantitative estimate of drug-likeness (QED) is 0.672. The minimum atomic E-state index is -4.35. The Balaban J connectivity index is 1.53. The molecule has 3 aromatic rings. The van der Waals surface area contributed by atoms with E-state index in [1.165, 1.54) is 6.07 Å². The van der Waals surface area contributed by atoms with Gasteiger partial charge in [0.25, 0.3) is 0 Å². The van der Waals surface area contributed by atoms with E-state index in [9.17, 15) is 18.3 Å². The monoisotopic (exact) mass is 424 g/mol. The normalized spacial score (nSPS) is 17.3. The van der Waals surface area contributed by atoms with Gasteiger partial charge >= 0.3 is 6.18 Å². The number of likely N-dealkylation sites (tertiary alicyclic amines) is 1. The van der Waals surface area contributed by atoms with Crippen LogP contribution in [0.5, 0.6) is 0 Å². The lowest BCUT2D eigenvalue weighted by atomic mass is 9.83. The number of thiophene rings is 1. The lowest BCUT2D eigenvalue weighted by Gasteiger charge is -2.37. The predicted octanol–water partition coefficient (Wildman–Crippen LogP) is 4.46. The molecule has 0 amide bonds. The summed E-state index contributed by atoms with van der Waals surface area (Å²) >= 11 is 0.696. The minimum Gasteiger partial charge on any atom is -0.390 e. The standard InChI is InChI=1S/C20H23F3N4OS/c1-19(2,28)13-7-9-26(10-8-13)12-14-3-6-18-24-11-15(27(18)25-14)16-4-5-17(29-16)20(21,22)23/h3-6,11,13,28H,7-10,12H2,1-2H3. The smallest absolute Gasteiger partial charge is 0.390 e. The highest BCUT2D eigenvalue weighted by molar-refractivity contribution is 7.15. The molecule has 1 aliphatic rings. The van der Waals surface area contributed by atoms with Crippen LogP contribution in [0.25, 0.3) is 16.2 Å². The third kappa shape index (κ3) is 4.31. The summed E-state index contributed by atoms with van der Waals surface area (Å²) in [5.74, 6) is 0.288. The first-order valence-electron chi connectivity index (χ1n) is 9.57. The number of imidazole rings is 1. The number of nitrogens with zero attached hydrogens (tertiary/aromatic N) is 4. The SMILES string of the molecule is CC(C)(O)C1CCN(Cc2ccc3ncc(-c4ccc(C(F)(F)F)s4)n3n2)CC1. The number of hydrogen-bond acceptors (Lipinski definition) is 5. The minimum absolute atomic E-state index is 0.288. The lowest BCUT2D eigenvalue weighted by Crippen LogP contribution is -2.41. The van der Waals surface area contributed by atoms with Crippen molar-refractivity contribution in [2.24, 2.45) is 5.92 Å². The first kappa shape index (κ1) is 20.3. The molecule has 1 aliphatic heterocycles. The molecular formula is C20H23F3N4OS. The van der Waals surface area contributed by atoms with Gasteiger partial charge in [-0.2, -0.15) is 18.3 Å². The highest BCUT2D eigenvalue weighted by Gasteiger charge is 2.33. The Morgan fingerprint density at radius 1 is 1.14 bits per heavy atom. The Hall–Kier alpha value is -1.97. The zero-order chi connectivity index (χ0) is 20.8. The molecule has 4 rings (SSSR count). The molecule has 1 N–H and O–H groups in total. The Morgan fingerprint density at radius 2 is 1.86 bits per heavy atom. The molecule has 156 valence electrons. The highest BCUT2D eigenvalue weighted by Crippen LogP contribution is 2.38. The number of fused-ring (bicyclic) bond motifs is 1. The molecule has 4 heterocycles. The second-order valence-corrected chi connectivity index (χ2v) is 9.19. The second-order valence-electron chi connectivity index (χ2n) is 8.10. The van der Waals surface area contributed by atoms with Crippen molar-refractivity contribution in [2.75, 3.05) is 13.1 Å². The largest absolute Gasteiger partial charge is 0.425 e. The van der Waals surface area contributed by atoms with Crippen molar-refractivity contribution in [3.8, 4) is 10.6 Å². The Morgan fingerprint density at radius 3 is 2.48 bits per heavy atom. The molecule has 0 saturated carbocycles. The fraction of sp³-hybridized carbons (Fsp3) is 0.500. The molecule has 1 fully saturated rings. The van der Waals surface area contributed by atoms with Crippen LogP contribution >= 0.6 is 11.3 Å². The van der Waals surface area contributed by atoms with Crippen LogP contribution in [0.1, 0.15) is 37.3 Å². The zero-order valence-electron chi connectivity index (χ0n) is 16.3. The summed E-state index contributed by atoms with van der Waals surface area (Å²) < 4.78 is 40.4. The molecule has 0 bridgehead atoms. The van der Waals surface area contributed by atoms with Crippen molar-refractivity contribution in [1.82, 2.24) is 19.5 Å². The molecule has 9 heteroatoms. The molecule has 0 spiro atoms. The third-order valence-electron chi connectivity index (χ3n) is 5.53. The van der Waals surface area contributed by atoms with Crippen molar-refractivity contribution in [2.45, 2.75) is 45.0 Å². The molecule has 0 aromatic carbocycles. The third-order valence-corrected chi connectivity index (χ3v) is 6.68. The summed E-state index contributed by atoms with van der Waals surface area (Å²) in [5.41, 5.74) is 1.34. The summed E-state index contributed by atoms with van der Waals surface area (Å²) in [6.45, 7) is 6.14. The van der Waals surface area contributed by atoms with Gasteiger partial charge in [0, 0.05) is 6.54 Å². The number of rotatable bonds is 4. The van der Waals surface area contributed by atoms with Gasteiger partial charge in [0.2, 0.25) is 0 Å². The van der Waals surface area contributed by atoms with Gasteiger partial charge in [-0.15, -0.1) is 11.3 Å². The molecule has 0 aliphatic carbocycles. The van der Waals surface area contributed by atoms with Gasteiger partial charge in [-0.25, -0.2) is 9.50 Å². The Labute approximate surface area is 170 Å². The van der Waals surface area contributed by atoms with Crippen molar-refractivity contribution in [3.05, 3.63) is 41.0 Å². The molecule has 5 nitrogen and oxygen atoms in total. The number of aliphatic hydroxyl groups is 1. The van der Waals surface area contributed by atoms with Crippen molar-refractivity contribution in [1.29, 1.82) is 0 Å². The Kier molecular flexibility index (Phi) is 5.16. The van der Waals surface area contributed by atoms with Crippen LogP contribution in [0.4, 0.5) is 13.2 Å². The van der Waals surface area contributed by atoms with E-state index in [1.807, 2.05) is 26.0 Å². The van der Waals surface area contributed by atoms with Crippen LogP contribution < -0.4 is 0 Å². The van der Waals surface area contributed by atoms with E-state index in [2.05, 4.69) is 15.0 Å². The maximum absolute atomic E-state index is 12.9. The molecule has 3 aromatic heterocycles. The van der Waals surface area contributed by atoms with E-state index in [0.717, 1.165) is 37.7 Å². The van der Waals surface area contributed by atoms with Crippen molar-refractivity contribution < 1.29 is 18.3 Å². The van der Waals surface area contributed by atoms with Crippen LogP contribution in [0, 0.1) is 5.92 Å². The maximum Gasteiger partial charge on any atom is 0.425 e. The number of piperidine rings is 1. The van der Waals surface area contributed by atoms with Gasteiger partial charge in [-0.3, -0.25) is 4.90 Å². The average Bonchev–Trinajstić information content (AvgIpc) is 3.27. The van der Waals surface area contributed by atoms with E-state index in [-0.39, 0.29) is 5.92 Å². The van der Waals surface area contributed by atoms with Crippen LogP contribution in [-0.2, 0) is 12.7 Å². The zero-order valence-corrected chi connectivity index (χ0v) is 17.1. The van der Waals surface area contributed by atoms with E-state index in [0.29, 0.717) is 34.1 Å². The number of alkyl halides is 3. The van der Waals surface area contributed by atoms with Crippen molar-refractivity contribution in [3.63, 3.8) is 0 Å². The van der Waals surface area contributed by atoms with Gasteiger partial charge < -0.3 is 5.11 Å². The molecule has 29 heavy (non-hydrogen) atoms. The first-order valence-corrected chi connectivity index (χ1v) is 10.4. The van der Waals surface area contributed by atoms with Gasteiger partial charge in [0.05, 0.1) is 22.4 Å². The van der Waals surface area contributed by atoms with E-state index < -0.39 is 16.7 Å². The molecule has 0 unspecified atom stereocenters. The number of hydrogen-bond donors (Lipinski definition) is 1. The summed E-state index contributed by atoms with van der Waals surface area (Å²) in [4.78, 5) is 6.42. The van der Waals surface area contributed by atoms with Crippen LogP contribution in [0.3, 0.4) is 0 Å². The summed E-state index contributed by atoms with van der Waals surface area (Å²) in [5, 5.41) is 14.8. The summed E-state index contributed by atoms with van der Waals surface area (Å²) in [6.07, 6.45) is -0.931. The predicted molar refractivity (Wildman–Crippen MR) is 106 cm³/mol. The lowest BCUT2D eigenvalue weighted by molar-refractivity contribution is -0.134. The topological polar surface area (TPSA) is 53.7 Å². The van der Waals surface area contributed by atoms with Gasteiger partial charge in [0.15, 0.2) is 5.65 Å².